The lowest BCUT2D eigenvalue weighted by molar-refractivity contribution is -0.153. The highest BCUT2D eigenvalue weighted by atomic mass is 16.5. The zero-order valence-corrected chi connectivity index (χ0v) is 25.4. The number of hydrogen-bond donors (Lipinski definition) is 5. The minimum absolute atomic E-state index is 0.000528. The number of hydrogen-bond acceptors (Lipinski definition) is 8. The Morgan fingerprint density at radius 1 is 0.795 bits per heavy atom. The molecule has 44 heavy (non-hydrogen) atoms. The van der Waals surface area contributed by atoms with Crippen LogP contribution in [0.25, 0.3) is 0 Å². The van der Waals surface area contributed by atoms with Gasteiger partial charge in [-0.25, -0.2) is 9.59 Å². The van der Waals surface area contributed by atoms with Gasteiger partial charge in [0.25, 0.3) is 0 Å². The number of esters is 1. The number of carbonyl (C=O) groups excluding carboxylic acids is 4. The Kier molecular flexibility index (Phi) is 15.4. The van der Waals surface area contributed by atoms with Crippen molar-refractivity contribution in [1.82, 2.24) is 16.0 Å². The fourth-order valence-corrected chi connectivity index (χ4v) is 4.28. The van der Waals surface area contributed by atoms with Gasteiger partial charge in [0.05, 0.1) is 5.92 Å². The quantitative estimate of drug-likeness (QED) is 0.125. The van der Waals surface area contributed by atoms with Gasteiger partial charge in [-0.1, -0.05) is 80.9 Å². The lowest BCUT2D eigenvalue weighted by Crippen LogP contribution is -2.50. The van der Waals surface area contributed by atoms with Crippen molar-refractivity contribution < 1.29 is 43.7 Å². The van der Waals surface area contributed by atoms with E-state index in [1.54, 1.807) is 50.2 Å². The van der Waals surface area contributed by atoms with Crippen molar-refractivity contribution in [3.63, 3.8) is 0 Å². The van der Waals surface area contributed by atoms with Gasteiger partial charge in [-0.2, -0.15) is 0 Å². The second kappa shape index (κ2) is 19.0. The number of carbonyl (C=O) groups is 5. The van der Waals surface area contributed by atoms with Crippen LogP contribution in [-0.4, -0.2) is 64.8 Å². The first-order valence-electron chi connectivity index (χ1n) is 14.7. The molecule has 3 amide bonds. The minimum atomic E-state index is -1.70. The van der Waals surface area contributed by atoms with E-state index in [4.69, 9.17) is 9.47 Å². The summed E-state index contributed by atoms with van der Waals surface area (Å²) in [5.74, 6) is -4.96. The van der Waals surface area contributed by atoms with Crippen molar-refractivity contribution in [2.24, 2.45) is 11.8 Å². The molecule has 5 N–H and O–H groups in total. The van der Waals surface area contributed by atoms with Crippen LogP contribution in [-0.2, 0) is 41.9 Å². The number of rotatable bonds is 18. The first kappa shape index (κ1) is 35.7. The number of benzene rings is 2. The number of amides is 3. The first-order chi connectivity index (χ1) is 21.0. The maximum Gasteiger partial charge on any atom is 0.408 e. The molecule has 2 aromatic carbocycles. The second-order valence-electron chi connectivity index (χ2n) is 10.6. The number of aliphatic hydroxyl groups excluding tert-OH is 1. The molecule has 0 aliphatic carbocycles. The van der Waals surface area contributed by atoms with E-state index in [-0.39, 0.29) is 26.2 Å². The number of ether oxygens (including phenoxy) is 2. The zero-order chi connectivity index (χ0) is 32.5. The first-order valence-corrected chi connectivity index (χ1v) is 14.7. The van der Waals surface area contributed by atoms with E-state index in [9.17, 15) is 34.2 Å². The monoisotopic (exact) mass is 613 g/mol. The van der Waals surface area contributed by atoms with Crippen molar-refractivity contribution in [3.05, 3.63) is 71.8 Å². The molecule has 0 saturated heterocycles. The summed E-state index contributed by atoms with van der Waals surface area (Å²) < 4.78 is 10.6. The van der Waals surface area contributed by atoms with Crippen LogP contribution in [0.1, 0.15) is 57.6 Å². The third-order valence-electron chi connectivity index (χ3n) is 7.14. The molecule has 240 valence electrons. The van der Waals surface area contributed by atoms with Gasteiger partial charge >= 0.3 is 18.0 Å². The molecule has 0 aromatic heterocycles. The number of carboxylic acid groups (broad SMARTS) is 1. The van der Waals surface area contributed by atoms with Gasteiger partial charge in [0, 0.05) is 6.54 Å². The highest BCUT2D eigenvalue weighted by Crippen LogP contribution is 2.20. The normalized spacial score (nSPS) is 14.2. The third-order valence-corrected chi connectivity index (χ3v) is 7.14. The van der Waals surface area contributed by atoms with E-state index >= 15 is 0 Å². The number of unbranched alkanes of at least 4 members (excludes halogenated alkanes) is 1. The van der Waals surface area contributed by atoms with Crippen molar-refractivity contribution in [2.75, 3.05) is 6.54 Å². The molecule has 2 rings (SSSR count). The summed E-state index contributed by atoms with van der Waals surface area (Å²) in [6, 6.07) is 16.0. The molecule has 0 unspecified atom stereocenters. The minimum Gasteiger partial charge on any atom is -0.481 e. The molecule has 2 aromatic rings. The number of nitrogens with one attached hydrogen (secondary N) is 3. The van der Waals surface area contributed by atoms with Gasteiger partial charge in [0.1, 0.15) is 31.4 Å². The summed E-state index contributed by atoms with van der Waals surface area (Å²) in [6.45, 7) is 5.03. The molecule has 0 aliphatic rings. The van der Waals surface area contributed by atoms with Crippen molar-refractivity contribution in [2.45, 2.75) is 77.9 Å². The molecule has 0 radical (unpaired) electrons. The van der Waals surface area contributed by atoms with Gasteiger partial charge in [-0.15, -0.1) is 0 Å². The van der Waals surface area contributed by atoms with Gasteiger partial charge in [-0.3, -0.25) is 14.4 Å². The fourth-order valence-electron chi connectivity index (χ4n) is 4.28. The fraction of sp³-hybridized carbons (Fsp3) is 0.469. The average molecular weight is 614 g/mol. The summed E-state index contributed by atoms with van der Waals surface area (Å²) in [6.07, 6.45) is -1.11. The summed E-state index contributed by atoms with van der Waals surface area (Å²) >= 11 is 0. The summed E-state index contributed by atoms with van der Waals surface area (Å²) in [5, 5.41) is 27.3. The van der Waals surface area contributed by atoms with E-state index in [0.717, 1.165) is 11.1 Å². The van der Waals surface area contributed by atoms with Crippen LogP contribution in [0.15, 0.2) is 60.7 Å². The Morgan fingerprint density at radius 3 is 1.91 bits per heavy atom. The van der Waals surface area contributed by atoms with E-state index in [1.165, 1.54) is 6.92 Å². The molecular formula is C32H43N3O9. The Hall–Kier alpha value is -4.45. The van der Waals surface area contributed by atoms with Gasteiger partial charge in [-0.05, 0) is 43.2 Å². The number of alkyl carbamates (subject to hydrolysis) is 1. The lowest BCUT2D eigenvalue weighted by atomic mass is 9.86. The highest BCUT2D eigenvalue weighted by molar-refractivity contribution is 5.89. The number of aliphatic carboxylic acids is 1. The topological polar surface area (TPSA) is 180 Å². The van der Waals surface area contributed by atoms with E-state index in [2.05, 4.69) is 16.0 Å². The van der Waals surface area contributed by atoms with Crippen LogP contribution in [0.2, 0.25) is 0 Å². The number of carboxylic acids is 1. The van der Waals surface area contributed by atoms with Gasteiger partial charge in [0.15, 0.2) is 0 Å². The predicted molar refractivity (Wildman–Crippen MR) is 161 cm³/mol. The summed E-state index contributed by atoms with van der Waals surface area (Å²) in [7, 11) is 0. The zero-order valence-electron chi connectivity index (χ0n) is 25.4. The molecular weight excluding hydrogens is 570 g/mol. The van der Waals surface area contributed by atoms with E-state index < -0.39 is 59.9 Å². The molecule has 0 fully saturated rings. The average Bonchev–Trinajstić information content (AvgIpc) is 3.02. The van der Waals surface area contributed by atoms with Crippen LogP contribution < -0.4 is 16.0 Å². The van der Waals surface area contributed by atoms with Gasteiger partial charge in [0.2, 0.25) is 11.8 Å². The molecule has 12 nitrogen and oxygen atoms in total. The van der Waals surface area contributed by atoms with Crippen LogP contribution in [0.4, 0.5) is 4.79 Å². The van der Waals surface area contributed by atoms with Gasteiger partial charge < -0.3 is 35.6 Å². The maximum atomic E-state index is 12.9. The van der Waals surface area contributed by atoms with Crippen LogP contribution in [0, 0.1) is 11.8 Å². The smallest absolute Gasteiger partial charge is 0.408 e. The second-order valence-corrected chi connectivity index (χ2v) is 10.6. The van der Waals surface area contributed by atoms with E-state index in [1.807, 2.05) is 24.3 Å². The maximum absolute atomic E-state index is 12.9. The summed E-state index contributed by atoms with van der Waals surface area (Å²) in [4.78, 5) is 61.9. The molecule has 0 spiro atoms. The lowest BCUT2D eigenvalue weighted by Gasteiger charge is -2.23. The predicted octanol–water partition coefficient (Wildman–Crippen LogP) is 2.92. The molecule has 0 saturated carbocycles. The Balaban J connectivity index is 1.91. The van der Waals surface area contributed by atoms with Crippen molar-refractivity contribution >= 4 is 29.8 Å². The Bertz CT molecular complexity index is 1210. The molecule has 0 aliphatic heterocycles. The summed E-state index contributed by atoms with van der Waals surface area (Å²) in [5.41, 5.74) is 1.55. The SMILES string of the molecule is CC[C@H](C)[C@H](C(=O)O)[C@H](O)C(=O)NCCCC[C@H](NC(=O)[C@@H](C)NC(=O)OCc1ccccc1)C(=O)OCc1ccccc1. The standard InChI is InChI=1S/C32H43N3O9/c1-4-21(2)26(30(39)40)27(36)29(38)33-18-12-11-17-25(31(41)43-19-23-13-7-5-8-14-23)35-28(37)22(3)34-32(42)44-20-24-15-9-6-10-16-24/h5-10,13-16,21-22,25-27,36H,4,11-12,17-20H2,1-3H3,(H,33,38)(H,34,42)(H,35,37)(H,39,40)/t21-,22+,25-,26-,27-/m0/s1. The molecule has 0 heterocycles. The van der Waals surface area contributed by atoms with Crippen LogP contribution in [0.5, 0.6) is 0 Å². The van der Waals surface area contributed by atoms with Crippen molar-refractivity contribution in [1.29, 1.82) is 0 Å². The molecule has 5 atom stereocenters. The van der Waals surface area contributed by atoms with Crippen molar-refractivity contribution in [3.8, 4) is 0 Å². The van der Waals surface area contributed by atoms with Crippen LogP contribution >= 0.6 is 0 Å². The van der Waals surface area contributed by atoms with E-state index in [0.29, 0.717) is 19.3 Å². The largest absolute Gasteiger partial charge is 0.481 e. The van der Waals surface area contributed by atoms with Crippen LogP contribution in [0.3, 0.4) is 0 Å². The Labute approximate surface area is 257 Å². The molecule has 12 heteroatoms. The molecule has 0 bridgehead atoms. The Morgan fingerprint density at radius 2 is 1.36 bits per heavy atom. The third kappa shape index (κ3) is 12.4. The highest BCUT2D eigenvalue weighted by Gasteiger charge is 2.35. The number of aliphatic hydroxyl groups is 1.